The minimum atomic E-state index is -0.407. The van der Waals surface area contributed by atoms with Gasteiger partial charge in [0.15, 0.2) is 0 Å². The molecule has 0 saturated carbocycles. The van der Waals surface area contributed by atoms with Gasteiger partial charge in [0.05, 0.1) is 11.8 Å². The van der Waals surface area contributed by atoms with Gasteiger partial charge >= 0.3 is 0 Å². The lowest BCUT2D eigenvalue weighted by molar-refractivity contribution is -0.116. The minimum absolute atomic E-state index is 0.122. The maximum atomic E-state index is 11.7. The molecule has 21 heavy (non-hydrogen) atoms. The second-order valence-corrected chi connectivity index (χ2v) is 6.33. The van der Waals surface area contributed by atoms with E-state index in [2.05, 4.69) is 20.7 Å². The number of hydrogen-bond donors (Lipinski definition) is 3. The lowest BCUT2D eigenvalue weighted by atomic mass is 9.82. The number of amides is 1. The number of rotatable bonds is 4. The normalized spacial score (nSPS) is 17.9. The molecule has 0 unspecified atom stereocenters. The molecule has 0 atom stereocenters. The minimum Gasteiger partial charge on any atom is -0.305 e. The fraction of sp³-hybridized carbons (Fsp3) is 0.400. The molecule has 0 radical (unpaired) electrons. The van der Waals surface area contributed by atoms with Crippen molar-refractivity contribution in [3.05, 3.63) is 45.9 Å². The number of aromatic nitrogens is 2. The van der Waals surface area contributed by atoms with Gasteiger partial charge in [-0.2, -0.15) is 5.10 Å². The molecule has 1 aliphatic rings. The summed E-state index contributed by atoms with van der Waals surface area (Å²) in [5, 5.41) is 8.98. The van der Waals surface area contributed by atoms with E-state index < -0.39 is 5.41 Å². The molecule has 2 heterocycles. The van der Waals surface area contributed by atoms with Gasteiger partial charge in [-0.05, 0) is 0 Å². The first-order valence-electron chi connectivity index (χ1n) is 6.74. The van der Waals surface area contributed by atoms with E-state index in [9.17, 15) is 9.59 Å². The fourth-order valence-corrected chi connectivity index (χ4v) is 2.13. The molecule has 112 valence electrons. The Bertz CT molecular complexity index is 687. The Morgan fingerprint density at radius 2 is 1.86 bits per heavy atom. The van der Waals surface area contributed by atoms with Gasteiger partial charge in [-0.1, -0.05) is 45.9 Å². The Morgan fingerprint density at radius 3 is 2.38 bits per heavy atom. The molecule has 0 fully saturated rings. The third-order valence-corrected chi connectivity index (χ3v) is 3.43. The van der Waals surface area contributed by atoms with Gasteiger partial charge in [-0.15, -0.1) is 0 Å². The SMILES string of the molecule is CC(C)(/C=C1/C=NNC1=O)/C=C/C(C)(C)c1c[nH][nH]c1=O. The molecule has 1 aliphatic heterocycles. The Kier molecular flexibility index (Phi) is 3.72. The summed E-state index contributed by atoms with van der Waals surface area (Å²) in [6, 6.07) is 0. The van der Waals surface area contributed by atoms with Gasteiger partial charge < -0.3 is 5.10 Å². The highest BCUT2D eigenvalue weighted by atomic mass is 16.2. The van der Waals surface area contributed by atoms with Crippen LogP contribution in [-0.4, -0.2) is 22.3 Å². The van der Waals surface area contributed by atoms with Crippen LogP contribution in [0.2, 0.25) is 0 Å². The Labute approximate surface area is 123 Å². The average molecular weight is 288 g/mol. The number of nitrogens with one attached hydrogen (secondary N) is 3. The molecule has 1 aromatic rings. The molecular weight excluding hydrogens is 268 g/mol. The van der Waals surface area contributed by atoms with Gasteiger partial charge in [0, 0.05) is 22.6 Å². The third-order valence-electron chi connectivity index (χ3n) is 3.43. The Hall–Kier alpha value is -2.37. The molecule has 0 saturated heterocycles. The summed E-state index contributed by atoms with van der Waals surface area (Å²) in [6.07, 6.45) is 9.01. The van der Waals surface area contributed by atoms with Crippen molar-refractivity contribution in [2.45, 2.75) is 33.1 Å². The standard InChI is InChI=1S/C15H20N4O2/c1-14(2,7-10-8-16-18-12(10)20)5-6-15(3,4)11-9-17-19-13(11)21/h5-9H,1-4H3,(H,18,20)(H2,17,19,21)/b6-5+,10-7-. The van der Waals surface area contributed by atoms with Crippen LogP contribution in [0.15, 0.2) is 39.9 Å². The predicted octanol–water partition coefficient (Wildman–Crippen LogP) is 1.60. The van der Waals surface area contributed by atoms with E-state index in [0.717, 1.165) is 0 Å². The first kappa shape index (κ1) is 15.0. The first-order valence-corrected chi connectivity index (χ1v) is 6.74. The number of aromatic amines is 2. The smallest absolute Gasteiger partial charge is 0.272 e. The second-order valence-electron chi connectivity index (χ2n) is 6.33. The van der Waals surface area contributed by atoms with Crippen molar-refractivity contribution in [2.75, 3.05) is 0 Å². The van der Waals surface area contributed by atoms with Crippen molar-refractivity contribution < 1.29 is 4.79 Å². The zero-order valence-corrected chi connectivity index (χ0v) is 12.7. The van der Waals surface area contributed by atoms with Crippen LogP contribution >= 0.6 is 0 Å². The zero-order chi connectivity index (χ0) is 15.7. The van der Waals surface area contributed by atoms with Crippen LogP contribution in [0, 0.1) is 5.41 Å². The number of carbonyl (C=O) groups excluding carboxylic acids is 1. The number of hydrazone groups is 1. The van der Waals surface area contributed by atoms with Crippen molar-refractivity contribution in [3.8, 4) is 0 Å². The topological polar surface area (TPSA) is 90.1 Å². The summed E-state index contributed by atoms with van der Waals surface area (Å²) in [5.74, 6) is -0.196. The first-order chi connectivity index (χ1) is 9.71. The maximum absolute atomic E-state index is 11.7. The summed E-state index contributed by atoms with van der Waals surface area (Å²) < 4.78 is 0. The van der Waals surface area contributed by atoms with E-state index in [1.165, 1.54) is 6.21 Å². The van der Waals surface area contributed by atoms with Crippen molar-refractivity contribution in [1.29, 1.82) is 0 Å². The molecule has 6 heteroatoms. The van der Waals surface area contributed by atoms with E-state index >= 15 is 0 Å². The van der Waals surface area contributed by atoms with Crippen LogP contribution in [0.1, 0.15) is 33.3 Å². The van der Waals surface area contributed by atoms with E-state index in [0.29, 0.717) is 11.1 Å². The van der Waals surface area contributed by atoms with Crippen molar-refractivity contribution in [1.82, 2.24) is 15.6 Å². The van der Waals surface area contributed by atoms with E-state index in [1.54, 1.807) is 6.20 Å². The number of carbonyl (C=O) groups is 1. The molecule has 0 bridgehead atoms. The lowest BCUT2D eigenvalue weighted by Crippen LogP contribution is -2.22. The summed E-state index contributed by atoms with van der Waals surface area (Å²) in [4.78, 5) is 23.2. The van der Waals surface area contributed by atoms with Crippen LogP contribution in [0.25, 0.3) is 0 Å². The van der Waals surface area contributed by atoms with Gasteiger partial charge in [0.25, 0.3) is 11.5 Å². The molecule has 0 aliphatic carbocycles. The second kappa shape index (κ2) is 5.20. The molecule has 0 aromatic carbocycles. The Balaban J connectivity index is 2.23. The van der Waals surface area contributed by atoms with Crippen molar-refractivity contribution >= 4 is 12.1 Å². The monoisotopic (exact) mass is 288 g/mol. The van der Waals surface area contributed by atoms with Crippen molar-refractivity contribution in [2.24, 2.45) is 10.5 Å². The van der Waals surface area contributed by atoms with Crippen molar-refractivity contribution in [3.63, 3.8) is 0 Å². The van der Waals surface area contributed by atoms with Crippen LogP contribution < -0.4 is 11.0 Å². The molecular formula is C15H20N4O2. The number of hydrogen-bond acceptors (Lipinski definition) is 3. The number of H-pyrrole nitrogens is 2. The highest BCUT2D eigenvalue weighted by Crippen LogP contribution is 2.27. The lowest BCUT2D eigenvalue weighted by Gasteiger charge is -2.21. The molecule has 0 spiro atoms. The predicted molar refractivity (Wildman–Crippen MR) is 82.1 cm³/mol. The summed E-state index contributed by atoms with van der Waals surface area (Å²) in [5.41, 5.74) is 2.74. The van der Waals surface area contributed by atoms with Crippen LogP contribution in [-0.2, 0) is 10.2 Å². The van der Waals surface area contributed by atoms with Gasteiger partial charge in [-0.3, -0.25) is 14.7 Å². The van der Waals surface area contributed by atoms with Crippen LogP contribution in [0.3, 0.4) is 0 Å². The van der Waals surface area contributed by atoms with Gasteiger partial charge in [-0.25, -0.2) is 5.43 Å². The third kappa shape index (κ3) is 3.39. The average Bonchev–Trinajstić information content (AvgIpc) is 2.97. The molecule has 3 N–H and O–H groups in total. The van der Waals surface area contributed by atoms with Gasteiger partial charge in [0.1, 0.15) is 0 Å². The van der Waals surface area contributed by atoms with E-state index in [1.807, 2.05) is 45.9 Å². The molecule has 1 aromatic heterocycles. The largest absolute Gasteiger partial charge is 0.305 e. The van der Waals surface area contributed by atoms with E-state index in [4.69, 9.17) is 0 Å². The van der Waals surface area contributed by atoms with Crippen LogP contribution in [0.4, 0.5) is 0 Å². The highest BCUT2D eigenvalue weighted by molar-refractivity contribution is 6.15. The maximum Gasteiger partial charge on any atom is 0.272 e. The summed E-state index contributed by atoms with van der Waals surface area (Å²) in [6.45, 7) is 7.92. The molecule has 6 nitrogen and oxygen atoms in total. The highest BCUT2D eigenvalue weighted by Gasteiger charge is 2.24. The van der Waals surface area contributed by atoms with Gasteiger partial charge in [0.2, 0.25) is 0 Å². The summed E-state index contributed by atoms with van der Waals surface area (Å²) in [7, 11) is 0. The number of allylic oxidation sites excluding steroid dienone is 3. The fourth-order valence-electron chi connectivity index (χ4n) is 2.13. The van der Waals surface area contributed by atoms with Crippen LogP contribution in [0.5, 0.6) is 0 Å². The molecule has 2 rings (SSSR count). The molecule has 1 amide bonds. The summed E-state index contributed by atoms with van der Waals surface area (Å²) >= 11 is 0. The van der Waals surface area contributed by atoms with E-state index in [-0.39, 0.29) is 16.9 Å². The quantitative estimate of drug-likeness (QED) is 0.580. The zero-order valence-electron chi connectivity index (χ0n) is 12.7. The Morgan fingerprint density at radius 1 is 1.14 bits per heavy atom. The number of nitrogens with zero attached hydrogens (tertiary/aromatic N) is 1.